The normalized spacial score (nSPS) is 23.6. The van der Waals surface area contributed by atoms with Crippen molar-refractivity contribution in [3.8, 4) is 0 Å². The smallest absolute Gasteiger partial charge is 0.394 e. The molecular formula is C18H17ClF3N7O4. The van der Waals surface area contributed by atoms with Crippen LogP contribution in [0.15, 0.2) is 29.6 Å². The number of halogens is 4. The summed E-state index contributed by atoms with van der Waals surface area (Å²) in [5.41, 5.74) is 7.78. The molecule has 0 bridgehead atoms. The maximum absolute atomic E-state index is 13.0. The first kappa shape index (κ1) is 23.1. The molecule has 176 valence electrons. The number of aromatic nitrogens is 4. The van der Waals surface area contributed by atoms with Crippen LogP contribution in [-0.2, 0) is 10.9 Å². The maximum Gasteiger partial charge on any atom is 0.417 e. The van der Waals surface area contributed by atoms with Gasteiger partial charge in [0.25, 0.3) is 0 Å². The second-order valence-corrected chi connectivity index (χ2v) is 7.50. The summed E-state index contributed by atoms with van der Waals surface area (Å²) in [6.07, 6.45) is -7.07. The number of hydrogen-bond donors (Lipinski definition) is 5. The highest BCUT2D eigenvalue weighted by molar-refractivity contribution is 6.31. The number of nitrogens with one attached hydrogen (secondary N) is 1. The van der Waals surface area contributed by atoms with Gasteiger partial charge in [0.05, 0.1) is 29.7 Å². The highest BCUT2D eigenvalue weighted by atomic mass is 35.5. The van der Waals surface area contributed by atoms with Gasteiger partial charge in [-0.3, -0.25) is 4.57 Å². The van der Waals surface area contributed by atoms with Crippen LogP contribution in [0.5, 0.6) is 0 Å². The third-order valence-corrected chi connectivity index (χ3v) is 5.24. The van der Waals surface area contributed by atoms with Gasteiger partial charge in [0.15, 0.2) is 17.7 Å². The van der Waals surface area contributed by atoms with Crippen LogP contribution in [0.4, 0.5) is 24.9 Å². The Kier molecular flexibility index (Phi) is 6.11. The van der Waals surface area contributed by atoms with Crippen LogP contribution < -0.4 is 11.2 Å². The molecule has 1 aliphatic rings. The van der Waals surface area contributed by atoms with E-state index in [2.05, 4.69) is 25.5 Å². The van der Waals surface area contributed by atoms with Gasteiger partial charge >= 0.3 is 6.18 Å². The molecule has 15 heteroatoms. The van der Waals surface area contributed by atoms with Gasteiger partial charge in [-0.2, -0.15) is 28.2 Å². The number of nitrogens with two attached hydrogens (primary N) is 1. The molecule has 4 rings (SSSR count). The number of alkyl halides is 3. The fourth-order valence-electron chi connectivity index (χ4n) is 3.29. The van der Waals surface area contributed by atoms with Crippen molar-refractivity contribution in [2.45, 2.75) is 30.7 Å². The van der Waals surface area contributed by atoms with E-state index in [9.17, 15) is 28.5 Å². The van der Waals surface area contributed by atoms with E-state index in [1.165, 1.54) is 17.0 Å². The van der Waals surface area contributed by atoms with Crippen LogP contribution in [0.2, 0.25) is 5.02 Å². The zero-order chi connectivity index (χ0) is 23.9. The Bertz CT molecular complexity index is 1210. The number of benzene rings is 1. The molecule has 11 nitrogen and oxygen atoms in total. The first-order valence-electron chi connectivity index (χ1n) is 9.38. The predicted molar refractivity (Wildman–Crippen MR) is 110 cm³/mol. The number of anilines is 2. The highest BCUT2D eigenvalue weighted by Crippen LogP contribution is 2.35. The topological polar surface area (TPSA) is 164 Å². The Balaban J connectivity index is 1.59. The summed E-state index contributed by atoms with van der Waals surface area (Å²) < 4.78 is 45.8. The quantitative estimate of drug-likeness (QED) is 0.262. The molecule has 0 radical (unpaired) electrons. The summed E-state index contributed by atoms with van der Waals surface area (Å²) in [6.45, 7) is -0.513. The van der Waals surface area contributed by atoms with Crippen LogP contribution in [0.25, 0.3) is 11.2 Å². The fourth-order valence-corrected chi connectivity index (χ4v) is 3.51. The molecule has 0 amide bonds. The number of nitrogen functional groups attached to an aromatic ring is 1. The number of aliphatic hydroxyl groups is 3. The van der Waals surface area contributed by atoms with E-state index < -0.39 is 47.9 Å². The molecule has 3 aromatic rings. The lowest BCUT2D eigenvalue weighted by atomic mass is 10.1. The third kappa shape index (κ3) is 4.43. The standard InChI is InChI=1S/C18H17ClF3N7O4/c19-9-2-1-7(3-8(9)18(20,21)22)4-25-28-17-26-14(23)11-15(27-17)29(6-24-11)16-13(32)12(31)10(5-30)33-16/h1-4,6,10,12-13,16,30-32H,5H2,(H3,23,26,27,28)/t10-,12-,13-,16-/m1/s1. The molecule has 6 N–H and O–H groups in total. The van der Waals surface area contributed by atoms with Crippen LogP contribution >= 0.6 is 11.6 Å². The van der Waals surface area contributed by atoms with E-state index in [-0.39, 0.29) is 28.5 Å². The van der Waals surface area contributed by atoms with Crippen molar-refractivity contribution in [2.75, 3.05) is 17.8 Å². The van der Waals surface area contributed by atoms with Crippen molar-refractivity contribution in [3.05, 3.63) is 40.7 Å². The average Bonchev–Trinajstić information content (AvgIpc) is 3.30. The Hall–Kier alpha value is -3.04. The predicted octanol–water partition coefficient (Wildman–Crippen LogP) is 1.14. The zero-order valence-corrected chi connectivity index (χ0v) is 17.2. The minimum atomic E-state index is -4.62. The van der Waals surface area contributed by atoms with Crippen LogP contribution in [0.3, 0.4) is 0 Å². The Labute approximate surface area is 188 Å². The van der Waals surface area contributed by atoms with E-state index in [4.69, 9.17) is 22.1 Å². The van der Waals surface area contributed by atoms with Crippen molar-refractivity contribution < 1.29 is 33.2 Å². The minimum absolute atomic E-state index is 0.0472. The monoisotopic (exact) mass is 487 g/mol. The van der Waals surface area contributed by atoms with E-state index in [1.807, 2.05) is 0 Å². The summed E-state index contributed by atoms with van der Waals surface area (Å²) in [7, 11) is 0. The summed E-state index contributed by atoms with van der Waals surface area (Å²) >= 11 is 5.60. The Morgan fingerprint density at radius 2 is 2.03 bits per heavy atom. The molecule has 33 heavy (non-hydrogen) atoms. The lowest BCUT2D eigenvalue weighted by Crippen LogP contribution is -2.33. The van der Waals surface area contributed by atoms with Crippen LogP contribution in [0, 0.1) is 0 Å². The molecule has 2 aromatic heterocycles. The van der Waals surface area contributed by atoms with Crippen molar-refractivity contribution in [3.63, 3.8) is 0 Å². The van der Waals surface area contributed by atoms with Crippen molar-refractivity contribution in [1.29, 1.82) is 0 Å². The SMILES string of the molecule is Nc1nc(NN=Cc2ccc(Cl)c(C(F)(F)F)c2)nc2c1ncn2[C@@H]1O[C@H](CO)[C@@H](O)[C@H]1O. The molecule has 1 aromatic carbocycles. The number of ether oxygens (including phenoxy) is 1. The lowest BCUT2D eigenvalue weighted by Gasteiger charge is -2.16. The second kappa shape index (κ2) is 8.72. The number of nitrogens with zero attached hydrogens (tertiary/aromatic N) is 5. The molecule has 3 heterocycles. The molecule has 4 atom stereocenters. The number of hydrazone groups is 1. The highest BCUT2D eigenvalue weighted by Gasteiger charge is 2.44. The molecule has 0 spiro atoms. The molecule has 0 unspecified atom stereocenters. The molecule has 1 saturated heterocycles. The summed E-state index contributed by atoms with van der Waals surface area (Å²) in [5.74, 6) is -0.163. The fraction of sp³-hybridized carbons (Fsp3) is 0.333. The van der Waals surface area contributed by atoms with Crippen molar-refractivity contribution >= 4 is 40.7 Å². The number of fused-ring (bicyclic) bond motifs is 1. The summed E-state index contributed by atoms with van der Waals surface area (Å²) in [6, 6.07) is 3.28. The van der Waals surface area contributed by atoms with E-state index >= 15 is 0 Å². The summed E-state index contributed by atoms with van der Waals surface area (Å²) in [4.78, 5) is 12.3. The minimum Gasteiger partial charge on any atom is -0.394 e. The number of hydrogen-bond acceptors (Lipinski definition) is 10. The van der Waals surface area contributed by atoms with E-state index in [0.717, 1.165) is 18.3 Å². The number of aliphatic hydroxyl groups excluding tert-OH is 3. The van der Waals surface area contributed by atoms with Crippen LogP contribution in [-0.4, -0.2) is 66.0 Å². The maximum atomic E-state index is 13.0. The first-order valence-corrected chi connectivity index (χ1v) is 9.76. The van der Waals surface area contributed by atoms with Gasteiger partial charge in [-0.1, -0.05) is 17.7 Å². The molecule has 1 aliphatic heterocycles. The van der Waals surface area contributed by atoms with E-state index in [0.29, 0.717) is 0 Å². The van der Waals surface area contributed by atoms with Crippen molar-refractivity contribution in [2.24, 2.45) is 5.10 Å². The van der Waals surface area contributed by atoms with Gasteiger partial charge in [-0.15, -0.1) is 0 Å². The summed E-state index contributed by atoms with van der Waals surface area (Å²) in [5, 5.41) is 32.9. The zero-order valence-electron chi connectivity index (χ0n) is 16.5. The largest absolute Gasteiger partial charge is 0.417 e. The number of imidazole rings is 1. The second-order valence-electron chi connectivity index (χ2n) is 7.09. The molecule has 1 fully saturated rings. The van der Waals surface area contributed by atoms with E-state index in [1.54, 1.807) is 0 Å². The Morgan fingerprint density at radius 1 is 1.27 bits per heavy atom. The van der Waals surface area contributed by atoms with Crippen LogP contribution in [0.1, 0.15) is 17.4 Å². The first-order chi connectivity index (χ1) is 15.6. The average molecular weight is 488 g/mol. The van der Waals surface area contributed by atoms with Gasteiger partial charge in [-0.25, -0.2) is 10.4 Å². The number of rotatable bonds is 5. The molecule has 0 saturated carbocycles. The van der Waals surface area contributed by atoms with Gasteiger partial charge in [0.2, 0.25) is 5.95 Å². The molecule has 0 aliphatic carbocycles. The van der Waals surface area contributed by atoms with Gasteiger partial charge in [0, 0.05) is 0 Å². The Morgan fingerprint density at radius 3 is 2.70 bits per heavy atom. The molecular weight excluding hydrogens is 471 g/mol. The lowest BCUT2D eigenvalue weighted by molar-refractivity contribution is -0.137. The van der Waals surface area contributed by atoms with Gasteiger partial charge in [0.1, 0.15) is 23.8 Å². The third-order valence-electron chi connectivity index (χ3n) is 4.91. The van der Waals surface area contributed by atoms with Gasteiger partial charge < -0.3 is 25.8 Å². The van der Waals surface area contributed by atoms with Crippen molar-refractivity contribution in [1.82, 2.24) is 19.5 Å². The van der Waals surface area contributed by atoms with Gasteiger partial charge in [-0.05, 0) is 17.7 Å².